The Labute approximate surface area is 179 Å². The lowest BCUT2D eigenvalue weighted by Crippen LogP contribution is -2.34. The van der Waals surface area contributed by atoms with Gasteiger partial charge in [0.2, 0.25) is 0 Å². The van der Waals surface area contributed by atoms with Gasteiger partial charge in [-0.05, 0) is 60.5 Å². The van der Waals surface area contributed by atoms with E-state index in [4.69, 9.17) is 11.6 Å². The molecule has 0 saturated carbocycles. The average Bonchev–Trinajstić information content (AvgIpc) is 3.31. The number of hydrogen-bond donors (Lipinski definition) is 1. The molecule has 2 heterocycles. The van der Waals surface area contributed by atoms with Crippen molar-refractivity contribution in [3.05, 3.63) is 94.0 Å². The predicted octanol–water partition coefficient (Wildman–Crippen LogP) is 6.16. The highest BCUT2D eigenvalue weighted by Crippen LogP contribution is 2.26. The summed E-state index contributed by atoms with van der Waals surface area (Å²) in [7, 11) is 0. The van der Waals surface area contributed by atoms with Gasteiger partial charge in [-0.25, -0.2) is 0 Å². The summed E-state index contributed by atoms with van der Waals surface area (Å²) >= 11 is 7.67. The van der Waals surface area contributed by atoms with Crippen LogP contribution in [0.3, 0.4) is 0 Å². The zero-order valence-electron chi connectivity index (χ0n) is 16.3. The van der Waals surface area contributed by atoms with E-state index in [0.29, 0.717) is 17.3 Å². The Hall–Kier alpha value is -2.56. The largest absolute Gasteiger partial charge is 0.348 e. The summed E-state index contributed by atoms with van der Waals surface area (Å²) < 4.78 is 3.22. The van der Waals surface area contributed by atoms with Gasteiger partial charge in [0, 0.05) is 17.6 Å². The first kappa shape index (κ1) is 19.7. The van der Waals surface area contributed by atoms with E-state index in [2.05, 4.69) is 52.5 Å². The maximum atomic E-state index is 13.1. The molecule has 0 fully saturated rings. The zero-order chi connectivity index (χ0) is 20.2. The zero-order valence-corrected chi connectivity index (χ0v) is 17.8. The van der Waals surface area contributed by atoms with Gasteiger partial charge < -0.3 is 9.88 Å². The van der Waals surface area contributed by atoms with E-state index in [-0.39, 0.29) is 11.9 Å². The Bertz CT molecular complexity index is 1100. The molecule has 1 N–H and O–H groups in total. The van der Waals surface area contributed by atoms with Crippen LogP contribution in [0.15, 0.2) is 72.1 Å². The van der Waals surface area contributed by atoms with E-state index < -0.39 is 0 Å². The first-order valence-electron chi connectivity index (χ1n) is 9.76. The molecule has 2 aromatic heterocycles. The molecular weight excluding hydrogens is 400 g/mol. The van der Waals surface area contributed by atoms with Gasteiger partial charge in [0.25, 0.3) is 5.91 Å². The predicted molar refractivity (Wildman–Crippen MR) is 122 cm³/mol. The Kier molecular flexibility index (Phi) is 6.02. The normalized spacial score (nSPS) is 12.2. The van der Waals surface area contributed by atoms with Crippen molar-refractivity contribution in [1.29, 1.82) is 0 Å². The number of aromatic nitrogens is 1. The lowest BCUT2D eigenvalue weighted by Gasteiger charge is -2.16. The molecule has 29 heavy (non-hydrogen) atoms. The van der Waals surface area contributed by atoms with E-state index in [1.54, 1.807) is 11.3 Å². The number of nitrogens with one attached hydrogen (secondary N) is 1. The first-order chi connectivity index (χ1) is 14.1. The summed E-state index contributed by atoms with van der Waals surface area (Å²) in [6, 6.07) is 22.3. The molecule has 5 heteroatoms. The Morgan fingerprint density at radius 3 is 2.59 bits per heavy atom. The maximum Gasteiger partial charge on any atom is 0.268 e. The number of fused-ring (bicyclic) bond motifs is 1. The fourth-order valence-electron chi connectivity index (χ4n) is 3.51. The van der Waals surface area contributed by atoms with Crippen LogP contribution in [0.5, 0.6) is 0 Å². The van der Waals surface area contributed by atoms with Crippen molar-refractivity contribution >= 4 is 39.1 Å². The number of rotatable bonds is 7. The molecule has 0 radical (unpaired) electrons. The lowest BCUT2D eigenvalue weighted by molar-refractivity contribution is 0.0930. The number of thiophene rings is 1. The van der Waals surface area contributed by atoms with Crippen LogP contribution >= 0.6 is 22.9 Å². The molecule has 1 atom stereocenters. The van der Waals surface area contributed by atoms with Gasteiger partial charge in [-0.3, -0.25) is 4.79 Å². The second-order valence-electron chi connectivity index (χ2n) is 7.31. The van der Waals surface area contributed by atoms with Crippen LogP contribution in [-0.2, 0) is 13.0 Å². The molecule has 4 rings (SSSR count). The standard InChI is InChI=1S/C24H23ClN2OS/c1-17(7-8-18-5-3-2-4-6-18)26-24(28)22-15-23-21(13-14-29-23)27(22)16-19-9-11-20(25)12-10-19/h2-6,9-15,17H,7-8,16H2,1H3,(H,26,28)/t17-/m0/s1. The SMILES string of the molecule is C[C@@H](CCc1ccccc1)NC(=O)c1cc2sccc2n1Cc1ccc(Cl)cc1. The van der Waals surface area contributed by atoms with Crippen LogP contribution in [0.1, 0.15) is 35.0 Å². The Morgan fingerprint density at radius 2 is 1.83 bits per heavy atom. The number of carbonyl (C=O) groups excluding carboxylic acids is 1. The van der Waals surface area contributed by atoms with E-state index in [9.17, 15) is 4.79 Å². The highest BCUT2D eigenvalue weighted by atomic mass is 35.5. The smallest absolute Gasteiger partial charge is 0.268 e. The molecule has 1 amide bonds. The van der Waals surface area contributed by atoms with Crippen molar-refractivity contribution in [2.45, 2.75) is 32.4 Å². The number of halogens is 1. The molecule has 148 valence electrons. The third-order valence-corrected chi connectivity index (χ3v) is 6.20. The fraction of sp³-hybridized carbons (Fsp3) is 0.208. The molecule has 0 unspecified atom stereocenters. The number of nitrogens with zero attached hydrogens (tertiary/aromatic N) is 1. The maximum absolute atomic E-state index is 13.1. The minimum Gasteiger partial charge on any atom is -0.348 e. The summed E-state index contributed by atoms with van der Waals surface area (Å²) in [6.07, 6.45) is 1.85. The van der Waals surface area contributed by atoms with Crippen LogP contribution in [0.2, 0.25) is 5.02 Å². The van der Waals surface area contributed by atoms with Crippen molar-refractivity contribution < 1.29 is 4.79 Å². The number of hydrogen-bond acceptors (Lipinski definition) is 2. The topological polar surface area (TPSA) is 34.0 Å². The van der Waals surface area contributed by atoms with Gasteiger partial charge in [0.1, 0.15) is 5.69 Å². The monoisotopic (exact) mass is 422 g/mol. The van der Waals surface area contributed by atoms with E-state index in [1.165, 1.54) is 5.56 Å². The lowest BCUT2D eigenvalue weighted by atomic mass is 10.1. The van der Waals surface area contributed by atoms with E-state index in [1.807, 2.05) is 36.4 Å². The second kappa shape index (κ2) is 8.85. The minimum absolute atomic E-state index is 0.0251. The van der Waals surface area contributed by atoms with Crippen LogP contribution in [0.25, 0.3) is 10.2 Å². The average molecular weight is 423 g/mol. The number of carbonyl (C=O) groups is 1. The first-order valence-corrected chi connectivity index (χ1v) is 11.0. The van der Waals surface area contributed by atoms with Crippen molar-refractivity contribution in [2.75, 3.05) is 0 Å². The molecule has 2 aromatic carbocycles. The summed E-state index contributed by atoms with van der Waals surface area (Å²) in [5.74, 6) is -0.0251. The van der Waals surface area contributed by atoms with Crippen molar-refractivity contribution in [2.24, 2.45) is 0 Å². The van der Waals surface area contributed by atoms with Crippen molar-refractivity contribution in [3.63, 3.8) is 0 Å². The summed E-state index contributed by atoms with van der Waals surface area (Å²) in [5.41, 5.74) is 4.20. The third kappa shape index (κ3) is 4.72. The van der Waals surface area contributed by atoms with Gasteiger partial charge in [-0.2, -0.15) is 0 Å². The number of amides is 1. The van der Waals surface area contributed by atoms with Crippen LogP contribution in [-0.4, -0.2) is 16.5 Å². The van der Waals surface area contributed by atoms with Crippen molar-refractivity contribution in [1.82, 2.24) is 9.88 Å². The van der Waals surface area contributed by atoms with E-state index in [0.717, 1.165) is 28.6 Å². The van der Waals surface area contributed by atoms with Gasteiger partial charge >= 0.3 is 0 Å². The highest BCUT2D eigenvalue weighted by Gasteiger charge is 2.18. The summed E-state index contributed by atoms with van der Waals surface area (Å²) in [4.78, 5) is 13.1. The van der Waals surface area contributed by atoms with Crippen molar-refractivity contribution in [3.8, 4) is 0 Å². The molecule has 0 aliphatic rings. The van der Waals surface area contributed by atoms with E-state index >= 15 is 0 Å². The molecule has 0 saturated heterocycles. The van der Waals surface area contributed by atoms with Crippen LogP contribution in [0, 0.1) is 0 Å². The van der Waals surface area contributed by atoms with Gasteiger partial charge in [-0.1, -0.05) is 54.1 Å². The van der Waals surface area contributed by atoms with Gasteiger partial charge in [-0.15, -0.1) is 11.3 Å². The van der Waals surface area contributed by atoms with Gasteiger partial charge in [0.15, 0.2) is 0 Å². The van der Waals surface area contributed by atoms with Gasteiger partial charge in [0.05, 0.1) is 10.2 Å². The van der Waals surface area contributed by atoms with Crippen LogP contribution in [0.4, 0.5) is 0 Å². The fourth-order valence-corrected chi connectivity index (χ4v) is 4.45. The summed E-state index contributed by atoms with van der Waals surface area (Å²) in [6.45, 7) is 2.70. The van der Waals surface area contributed by atoms with Crippen LogP contribution < -0.4 is 5.32 Å². The highest BCUT2D eigenvalue weighted by molar-refractivity contribution is 7.17. The summed E-state index contributed by atoms with van der Waals surface area (Å²) in [5, 5.41) is 5.95. The molecule has 0 aliphatic carbocycles. The third-order valence-electron chi connectivity index (χ3n) is 5.10. The molecule has 4 aromatic rings. The Morgan fingerprint density at radius 1 is 1.07 bits per heavy atom. The second-order valence-corrected chi connectivity index (χ2v) is 8.70. The minimum atomic E-state index is -0.0251. The molecule has 3 nitrogen and oxygen atoms in total. The molecular formula is C24H23ClN2OS. The number of aryl methyl sites for hydroxylation is 1. The Balaban J connectivity index is 1.49. The quantitative estimate of drug-likeness (QED) is 0.380. The molecule has 0 aliphatic heterocycles. The molecule has 0 spiro atoms. The number of benzene rings is 2. The molecule has 0 bridgehead atoms.